The van der Waals surface area contributed by atoms with Crippen LogP contribution in [-0.4, -0.2) is 21.1 Å². The highest BCUT2D eigenvalue weighted by Crippen LogP contribution is 2.30. The Morgan fingerprint density at radius 2 is 2.25 bits per heavy atom. The third-order valence-electron chi connectivity index (χ3n) is 2.49. The van der Waals surface area contributed by atoms with Gasteiger partial charge in [0.25, 0.3) is 5.91 Å². The molecule has 3 rings (SSSR count). The first-order chi connectivity index (χ1) is 9.61. The van der Waals surface area contributed by atoms with Gasteiger partial charge in [-0.1, -0.05) is 0 Å². The van der Waals surface area contributed by atoms with Crippen molar-refractivity contribution in [3.63, 3.8) is 0 Å². The van der Waals surface area contributed by atoms with Gasteiger partial charge in [0.15, 0.2) is 10.8 Å². The molecule has 0 saturated heterocycles. The fourth-order valence-corrected chi connectivity index (χ4v) is 3.61. The van der Waals surface area contributed by atoms with Gasteiger partial charge >= 0.3 is 0 Å². The Hall–Kier alpha value is -1.51. The van der Waals surface area contributed by atoms with Crippen LogP contribution in [0.1, 0.15) is 15.4 Å². The zero-order valence-corrected chi connectivity index (χ0v) is 13.5. The molecule has 0 radical (unpaired) electrons. The number of H-pyrrole nitrogens is 1. The summed E-state index contributed by atoms with van der Waals surface area (Å²) in [5.41, 5.74) is 1.17. The molecule has 0 bridgehead atoms. The molecule has 0 spiro atoms. The fourth-order valence-electron chi connectivity index (χ4n) is 1.60. The van der Waals surface area contributed by atoms with Gasteiger partial charge in [-0.05, 0) is 41.1 Å². The van der Waals surface area contributed by atoms with Crippen LogP contribution >= 0.6 is 38.6 Å². The number of amides is 1. The van der Waals surface area contributed by atoms with Crippen molar-refractivity contribution in [2.75, 3.05) is 5.32 Å². The summed E-state index contributed by atoms with van der Waals surface area (Å²) in [5.74, 6) is -0.266. The van der Waals surface area contributed by atoms with Gasteiger partial charge in [0.2, 0.25) is 0 Å². The molecule has 2 N–H and O–H groups in total. The molecular weight excluding hydrogens is 360 g/mol. The first-order valence-electron chi connectivity index (χ1n) is 5.67. The zero-order chi connectivity index (χ0) is 14.1. The lowest BCUT2D eigenvalue weighted by Gasteiger charge is -1.96. The number of nitrogens with zero attached hydrogens (tertiary/aromatic N) is 2. The Morgan fingerprint density at radius 3 is 2.90 bits per heavy atom. The number of hydrogen-bond donors (Lipinski definition) is 2. The van der Waals surface area contributed by atoms with E-state index in [0.717, 1.165) is 19.2 Å². The third-order valence-corrected chi connectivity index (χ3v) is 4.98. The van der Waals surface area contributed by atoms with Gasteiger partial charge in [-0.15, -0.1) is 22.7 Å². The quantitative estimate of drug-likeness (QED) is 0.735. The highest BCUT2D eigenvalue weighted by atomic mass is 79.9. The van der Waals surface area contributed by atoms with E-state index in [9.17, 15) is 4.79 Å². The molecule has 0 fully saturated rings. The van der Waals surface area contributed by atoms with Crippen LogP contribution in [-0.2, 0) is 0 Å². The van der Waals surface area contributed by atoms with Crippen LogP contribution in [0.4, 0.5) is 5.13 Å². The van der Waals surface area contributed by atoms with Crippen molar-refractivity contribution in [2.24, 2.45) is 0 Å². The van der Waals surface area contributed by atoms with Crippen molar-refractivity contribution in [3.05, 3.63) is 38.8 Å². The number of aromatic nitrogens is 3. The van der Waals surface area contributed by atoms with Crippen molar-refractivity contribution >= 4 is 49.6 Å². The second kappa shape index (κ2) is 5.47. The minimum absolute atomic E-state index is 0.266. The molecule has 102 valence electrons. The lowest BCUT2D eigenvalue weighted by Crippen LogP contribution is -2.11. The first kappa shape index (κ1) is 13.5. The number of nitrogens with one attached hydrogen (secondary N) is 2. The maximum Gasteiger partial charge on any atom is 0.277 e. The van der Waals surface area contributed by atoms with E-state index in [0.29, 0.717) is 10.8 Å². The number of hydrogen-bond acceptors (Lipinski definition) is 5. The lowest BCUT2D eigenvalue weighted by atomic mass is 10.3. The smallest absolute Gasteiger partial charge is 0.277 e. The van der Waals surface area contributed by atoms with E-state index in [1.54, 1.807) is 23.6 Å². The number of anilines is 1. The van der Waals surface area contributed by atoms with Crippen LogP contribution < -0.4 is 5.32 Å². The number of carbonyl (C=O) groups is 1. The Balaban J connectivity index is 1.78. The highest BCUT2D eigenvalue weighted by Gasteiger charge is 2.13. The molecule has 0 atom stereocenters. The van der Waals surface area contributed by atoms with E-state index in [-0.39, 0.29) is 5.91 Å². The maximum absolute atomic E-state index is 12.0. The normalized spacial score (nSPS) is 10.7. The highest BCUT2D eigenvalue weighted by molar-refractivity contribution is 9.11. The van der Waals surface area contributed by atoms with Crippen LogP contribution in [0.5, 0.6) is 0 Å². The second-order valence-electron chi connectivity index (χ2n) is 4.00. The van der Waals surface area contributed by atoms with Crippen LogP contribution in [0.15, 0.2) is 28.2 Å². The van der Waals surface area contributed by atoms with Crippen molar-refractivity contribution in [1.82, 2.24) is 15.2 Å². The molecule has 0 aliphatic rings. The molecule has 3 aromatic heterocycles. The fraction of sp³-hybridized carbons (Fsp3) is 0.0833. The van der Waals surface area contributed by atoms with Crippen molar-refractivity contribution in [1.29, 1.82) is 0 Å². The van der Waals surface area contributed by atoms with Crippen LogP contribution in [0.2, 0.25) is 0 Å². The Morgan fingerprint density at radius 1 is 1.40 bits per heavy atom. The second-order valence-corrected chi connectivity index (χ2v) is 7.70. The monoisotopic (exact) mass is 368 g/mol. The van der Waals surface area contributed by atoms with Crippen molar-refractivity contribution < 1.29 is 4.79 Å². The SMILES string of the molecule is Cc1cnc(NC(=O)c2cc(-c3ccc(Br)s3)[nH]n2)s1. The average molecular weight is 369 g/mol. The van der Waals surface area contributed by atoms with Crippen LogP contribution in [0.25, 0.3) is 10.6 Å². The summed E-state index contributed by atoms with van der Waals surface area (Å²) >= 11 is 6.42. The minimum atomic E-state index is -0.266. The summed E-state index contributed by atoms with van der Waals surface area (Å²) in [6, 6.07) is 5.65. The van der Waals surface area contributed by atoms with Gasteiger partial charge < -0.3 is 0 Å². The van der Waals surface area contributed by atoms with Gasteiger partial charge in [0.05, 0.1) is 14.4 Å². The predicted molar refractivity (Wildman–Crippen MR) is 84.4 cm³/mol. The molecule has 3 heterocycles. The summed E-state index contributed by atoms with van der Waals surface area (Å²) in [4.78, 5) is 18.2. The molecule has 8 heteroatoms. The van der Waals surface area contributed by atoms with E-state index in [1.807, 2.05) is 19.1 Å². The third kappa shape index (κ3) is 2.82. The number of carbonyl (C=O) groups excluding carboxylic acids is 1. The Labute approximate surface area is 131 Å². The molecule has 0 aromatic carbocycles. The standard InChI is InChI=1S/C12H9BrN4OS2/c1-6-5-14-12(19-6)15-11(18)8-4-7(16-17-8)9-2-3-10(13)20-9/h2-5H,1H3,(H,16,17)(H,14,15,18). The zero-order valence-electron chi connectivity index (χ0n) is 10.3. The minimum Gasteiger partial charge on any atom is -0.296 e. The van der Waals surface area contributed by atoms with Gasteiger partial charge in [-0.25, -0.2) is 4.98 Å². The van der Waals surface area contributed by atoms with Crippen LogP contribution in [0.3, 0.4) is 0 Å². The summed E-state index contributed by atoms with van der Waals surface area (Å²) in [7, 11) is 0. The lowest BCUT2D eigenvalue weighted by molar-refractivity contribution is 0.102. The van der Waals surface area contributed by atoms with Gasteiger partial charge in [-0.2, -0.15) is 5.10 Å². The van der Waals surface area contributed by atoms with Crippen LogP contribution in [0, 0.1) is 6.92 Å². The van der Waals surface area contributed by atoms with Gasteiger partial charge in [0, 0.05) is 11.1 Å². The van der Waals surface area contributed by atoms with E-state index in [4.69, 9.17) is 0 Å². The largest absolute Gasteiger partial charge is 0.296 e. The van der Waals surface area contributed by atoms with E-state index >= 15 is 0 Å². The molecule has 20 heavy (non-hydrogen) atoms. The molecular formula is C12H9BrN4OS2. The van der Waals surface area contributed by atoms with Gasteiger partial charge in [0.1, 0.15) is 0 Å². The number of thiazole rings is 1. The molecule has 0 aliphatic carbocycles. The summed E-state index contributed by atoms with van der Waals surface area (Å²) in [6.45, 7) is 1.94. The summed E-state index contributed by atoms with van der Waals surface area (Å²) in [6.07, 6.45) is 1.72. The first-order valence-corrected chi connectivity index (χ1v) is 8.09. The molecule has 0 unspecified atom stereocenters. The molecule has 0 saturated carbocycles. The van der Waals surface area contributed by atoms with Crippen molar-refractivity contribution in [3.8, 4) is 10.6 Å². The van der Waals surface area contributed by atoms with E-state index < -0.39 is 0 Å². The van der Waals surface area contributed by atoms with E-state index in [2.05, 4.69) is 36.4 Å². The molecule has 1 amide bonds. The van der Waals surface area contributed by atoms with Crippen molar-refractivity contribution in [2.45, 2.75) is 6.92 Å². The number of rotatable bonds is 3. The maximum atomic E-state index is 12.0. The number of halogens is 1. The molecule has 0 aliphatic heterocycles. The average Bonchev–Trinajstić information content (AvgIpc) is 3.10. The molecule has 3 aromatic rings. The topological polar surface area (TPSA) is 70.7 Å². The Kier molecular flexibility index (Phi) is 3.68. The Bertz CT molecular complexity index is 761. The van der Waals surface area contributed by atoms with E-state index in [1.165, 1.54) is 11.3 Å². The molecule has 5 nitrogen and oxygen atoms in total. The number of thiophene rings is 1. The number of aryl methyl sites for hydroxylation is 1. The summed E-state index contributed by atoms with van der Waals surface area (Å²) in [5, 5.41) is 10.2. The van der Waals surface area contributed by atoms with Gasteiger partial charge in [-0.3, -0.25) is 15.2 Å². The predicted octanol–water partition coefficient (Wildman–Crippen LogP) is 3.92. The number of aromatic amines is 1. The summed E-state index contributed by atoms with van der Waals surface area (Å²) < 4.78 is 1.03.